The lowest BCUT2D eigenvalue weighted by atomic mass is 10.1. The van der Waals surface area contributed by atoms with Gasteiger partial charge < -0.3 is 19.6 Å². The Balaban J connectivity index is 1.74. The van der Waals surface area contributed by atoms with Gasteiger partial charge in [-0.15, -0.1) is 0 Å². The van der Waals surface area contributed by atoms with E-state index in [0.717, 1.165) is 38.1 Å². The lowest BCUT2D eigenvalue weighted by molar-refractivity contribution is 0.553. The van der Waals surface area contributed by atoms with Gasteiger partial charge in [-0.2, -0.15) is 0 Å². The van der Waals surface area contributed by atoms with E-state index < -0.39 is 0 Å². The Labute approximate surface area is 145 Å². The summed E-state index contributed by atoms with van der Waals surface area (Å²) in [5.41, 5.74) is 2.51. The summed E-state index contributed by atoms with van der Waals surface area (Å²) >= 11 is 0. The number of benzene rings is 1. The van der Waals surface area contributed by atoms with E-state index in [1.54, 1.807) is 0 Å². The number of aliphatic imine (C=N–C) groups is 2. The second kappa shape index (κ2) is 7.11. The number of hydrogen-bond donors (Lipinski definition) is 0. The molecule has 0 aliphatic carbocycles. The molecule has 0 spiro atoms. The first-order valence-corrected chi connectivity index (χ1v) is 8.56. The van der Waals surface area contributed by atoms with Crippen LogP contribution in [-0.2, 0) is 13.1 Å². The molecule has 0 unspecified atom stereocenters. The number of hydrogen-bond acceptors (Lipinski definition) is 2. The summed E-state index contributed by atoms with van der Waals surface area (Å²) in [5.74, 6) is 2.15. The average Bonchev–Trinajstić information content (AvgIpc) is 3.07. The van der Waals surface area contributed by atoms with Crippen molar-refractivity contribution in [2.45, 2.75) is 13.1 Å². The third-order valence-electron chi connectivity index (χ3n) is 4.81. The molecule has 0 atom stereocenters. The van der Waals surface area contributed by atoms with Gasteiger partial charge in [0.25, 0.3) is 0 Å². The molecule has 130 valence electrons. The van der Waals surface area contributed by atoms with Crippen LogP contribution >= 0.6 is 0 Å². The minimum atomic E-state index is 0.705. The Hall–Kier alpha value is -2.24. The van der Waals surface area contributed by atoms with Crippen LogP contribution in [0.25, 0.3) is 0 Å². The summed E-state index contributed by atoms with van der Waals surface area (Å²) in [6.07, 6.45) is 0. The van der Waals surface area contributed by atoms with Crippen molar-refractivity contribution >= 4 is 11.9 Å². The summed E-state index contributed by atoms with van der Waals surface area (Å²) in [7, 11) is 8.41. The smallest absolute Gasteiger partial charge is 0.196 e. The van der Waals surface area contributed by atoms with E-state index in [-0.39, 0.29) is 0 Å². The lowest BCUT2D eigenvalue weighted by Crippen LogP contribution is -2.28. The van der Waals surface area contributed by atoms with Crippen molar-refractivity contribution in [3.05, 3.63) is 35.4 Å². The summed E-state index contributed by atoms with van der Waals surface area (Å²) < 4.78 is 0. The van der Waals surface area contributed by atoms with Crippen LogP contribution in [0.1, 0.15) is 11.1 Å². The molecule has 6 nitrogen and oxygen atoms in total. The third-order valence-corrected chi connectivity index (χ3v) is 4.81. The van der Waals surface area contributed by atoms with Crippen molar-refractivity contribution in [1.82, 2.24) is 19.6 Å². The van der Waals surface area contributed by atoms with Gasteiger partial charge in [-0.3, -0.25) is 0 Å². The molecule has 0 radical (unpaired) electrons. The third kappa shape index (κ3) is 3.47. The second-order valence-corrected chi connectivity index (χ2v) is 6.69. The fourth-order valence-corrected chi connectivity index (χ4v) is 3.24. The predicted molar refractivity (Wildman–Crippen MR) is 99.2 cm³/mol. The zero-order chi connectivity index (χ0) is 17.1. The number of guanidine groups is 2. The molecule has 0 saturated carbocycles. The van der Waals surface area contributed by atoms with Gasteiger partial charge in [0.05, 0.1) is 13.1 Å². The monoisotopic (exact) mass is 328 g/mol. The van der Waals surface area contributed by atoms with Gasteiger partial charge in [0.1, 0.15) is 0 Å². The fraction of sp³-hybridized carbons (Fsp3) is 0.556. The van der Waals surface area contributed by atoms with Crippen molar-refractivity contribution in [2.24, 2.45) is 9.98 Å². The molecule has 2 aliphatic rings. The van der Waals surface area contributed by atoms with Crippen molar-refractivity contribution < 1.29 is 0 Å². The SMILES string of the molecule is CN1CCN(C)C1=NCc1ccccc1CN=C1N(C)CCN1C. The van der Waals surface area contributed by atoms with Crippen molar-refractivity contribution in [3.63, 3.8) is 0 Å². The molecule has 1 aromatic rings. The molecule has 2 saturated heterocycles. The van der Waals surface area contributed by atoms with E-state index >= 15 is 0 Å². The highest BCUT2D eigenvalue weighted by atomic mass is 15.4. The van der Waals surface area contributed by atoms with Gasteiger partial charge in [-0.05, 0) is 11.1 Å². The van der Waals surface area contributed by atoms with Gasteiger partial charge in [-0.1, -0.05) is 24.3 Å². The summed E-state index contributed by atoms with van der Waals surface area (Å²) in [6.45, 7) is 5.59. The Kier molecular flexibility index (Phi) is 4.92. The topological polar surface area (TPSA) is 37.7 Å². The maximum Gasteiger partial charge on any atom is 0.196 e. The first-order valence-electron chi connectivity index (χ1n) is 8.56. The second-order valence-electron chi connectivity index (χ2n) is 6.69. The molecule has 0 bridgehead atoms. The van der Waals surface area contributed by atoms with Gasteiger partial charge >= 0.3 is 0 Å². The van der Waals surface area contributed by atoms with Crippen LogP contribution < -0.4 is 0 Å². The summed E-state index contributed by atoms with van der Waals surface area (Å²) in [5, 5.41) is 0. The van der Waals surface area contributed by atoms with Crippen LogP contribution in [0.5, 0.6) is 0 Å². The van der Waals surface area contributed by atoms with Gasteiger partial charge in [0.2, 0.25) is 0 Å². The minimum absolute atomic E-state index is 0.705. The number of rotatable bonds is 4. The minimum Gasteiger partial charge on any atom is -0.344 e. The molecular weight excluding hydrogens is 300 g/mol. The number of likely N-dealkylation sites (N-methyl/N-ethyl adjacent to an activating group) is 4. The van der Waals surface area contributed by atoms with Crippen LogP contribution in [0.15, 0.2) is 34.3 Å². The molecule has 3 rings (SSSR count). The Bertz CT molecular complexity index is 559. The molecule has 6 heteroatoms. The van der Waals surface area contributed by atoms with Crippen molar-refractivity contribution in [1.29, 1.82) is 0 Å². The van der Waals surface area contributed by atoms with Crippen LogP contribution in [0.3, 0.4) is 0 Å². The number of nitrogens with zero attached hydrogens (tertiary/aromatic N) is 6. The van der Waals surface area contributed by atoms with E-state index in [1.165, 1.54) is 11.1 Å². The highest BCUT2D eigenvalue weighted by molar-refractivity contribution is 5.82. The maximum atomic E-state index is 4.83. The quantitative estimate of drug-likeness (QED) is 0.831. The summed E-state index contributed by atoms with van der Waals surface area (Å²) in [6, 6.07) is 8.50. The van der Waals surface area contributed by atoms with Crippen LogP contribution in [0.4, 0.5) is 0 Å². The van der Waals surface area contributed by atoms with E-state index in [4.69, 9.17) is 9.98 Å². The van der Waals surface area contributed by atoms with E-state index in [1.807, 2.05) is 0 Å². The van der Waals surface area contributed by atoms with Gasteiger partial charge in [0.15, 0.2) is 11.9 Å². The molecule has 0 amide bonds. The molecule has 2 fully saturated rings. The molecule has 24 heavy (non-hydrogen) atoms. The highest BCUT2D eigenvalue weighted by Gasteiger charge is 2.20. The first-order chi connectivity index (χ1) is 11.6. The first kappa shape index (κ1) is 16.6. The zero-order valence-electron chi connectivity index (χ0n) is 15.2. The van der Waals surface area contributed by atoms with E-state index in [0.29, 0.717) is 13.1 Å². The van der Waals surface area contributed by atoms with Crippen molar-refractivity contribution in [3.8, 4) is 0 Å². The van der Waals surface area contributed by atoms with Crippen LogP contribution in [0, 0.1) is 0 Å². The molecule has 0 aromatic heterocycles. The Morgan fingerprint density at radius 2 is 1.00 bits per heavy atom. The largest absolute Gasteiger partial charge is 0.344 e. The van der Waals surface area contributed by atoms with Crippen molar-refractivity contribution in [2.75, 3.05) is 54.4 Å². The van der Waals surface area contributed by atoms with Gasteiger partial charge in [0, 0.05) is 54.4 Å². The van der Waals surface area contributed by atoms with E-state index in [9.17, 15) is 0 Å². The molecule has 0 N–H and O–H groups in total. The standard InChI is InChI=1S/C18H28N6/c1-21-9-10-22(2)17(21)19-13-15-7-5-6-8-16(15)14-20-18-23(3)11-12-24(18)4/h5-8H,9-14H2,1-4H3. The molecule has 2 heterocycles. The lowest BCUT2D eigenvalue weighted by Gasteiger charge is -2.17. The molecular formula is C18H28N6. The highest BCUT2D eigenvalue weighted by Crippen LogP contribution is 2.14. The Morgan fingerprint density at radius 3 is 1.33 bits per heavy atom. The molecule has 2 aliphatic heterocycles. The van der Waals surface area contributed by atoms with Crippen LogP contribution in [0.2, 0.25) is 0 Å². The van der Waals surface area contributed by atoms with E-state index in [2.05, 4.69) is 72.1 Å². The molecule has 1 aromatic carbocycles. The zero-order valence-corrected chi connectivity index (χ0v) is 15.2. The Morgan fingerprint density at radius 1 is 0.667 bits per heavy atom. The fourth-order valence-electron chi connectivity index (χ4n) is 3.24. The van der Waals surface area contributed by atoms with Gasteiger partial charge in [-0.25, -0.2) is 9.98 Å². The summed E-state index contributed by atoms with van der Waals surface area (Å²) in [4.78, 5) is 18.5. The predicted octanol–water partition coefficient (Wildman–Crippen LogP) is 1.15. The van der Waals surface area contributed by atoms with Crippen LogP contribution in [-0.4, -0.2) is 85.9 Å². The average molecular weight is 328 g/mol. The normalized spacial score (nSPS) is 18.0. The maximum absolute atomic E-state index is 4.83.